The first-order chi connectivity index (χ1) is 17.0. The van der Waals surface area contributed by atoms with Crippen LogP contribution in [0.25, 0.3) is 0 Å². The van der Waals surface area contributed by atoms with Crippen molar-refractivity contribution < 1.29 is 24.5 Å². The number of benzene rings is 1. The highest BCUT2D eigenvalue weighted by atomic mass is 16.5. The maximum atomic E-state index is 11.9. The second kappa shape index (κ2) is 21.2. The second-order valence-corrected chi connectivity index (χ2v) is 9.61. The summed E-state index contributed by atoms with van der Waals surface area (Å²) >= 11 is 0. The molecule has 35 heavy (non-hydrogen) atoms. The first kappa shape index (κ1) is 31.0. The maximum absolute atomic E-state index is 11.9. The Morgan fingerprint density at radius 2 is 1.17 bits per heavy atom. The molecule has 1 rings (SSSR count). The predicted octanol–water partition coefficient (Wildman–Crippen LogP) is 7.35. The van der Waals surface area contributed by atoms with E-state index in [0.717, 1.165) is 18.7 Å². The van der Waals surface area contributed by atoms with Crippen LogP contribution in [-0.4, -0.2) is 41.4 Å². The van der Waals surface area contributed by atoms with Crippen LogP contribution in [0.3, 0.4) is 0 Å². The summed E-state index contributed by atoms with van der Waals surface area (Å²) in [5.41, 5.74) is 1.26. The minimum atomic E-state index is -1.70. The van der Waals surface area contributed by atoms with Crippen LogP contribution in [0, 0.1) is 0 Å². The van der Waals surface area contributed by atoms with Crippen LogP contribution in [0.1, 0.15) is 126 Å². The van der Waals surface area contributed by atoms with Gasteiger partial charge < -0.3 is 20.3 Å². The largest absolute Gasteiger partial charge is 0.479 e. The molecule has 0 aliphatic heterocycles. The van der Waals surface area contributed by atoms with E-state index in [9.17, 15) is 9.59 Å². The molecule has 1 atom stereocenters. The number of hydrogen-bond acceptors (Lipinski definition) is 5. The highest BCUT2D eigenvalue weighted by Gasteiger charge is 2.16. The quantitative estimate of drug-likeness (QED) is 0.109. The molecule has 6 nitrogen and oxygen atoms in total. The van der Waals surface area contributed by atoms with Crippen LogP contribution >= 0.6 is 0 Å². The molecule has 0 heterocycles. The van der Waals surface area contributed by atoms with Gasteiger partial charge in [-0.1, -0.05) is 110 Å². The number of carboxylic acid groups (broad SMARTS) is 1. The van der Waals surface area contributed by atoms with Crippen LogP contribution in [0.15, 0.2) is 24.3 Å². The van der Waals surface area contributed by atoms with E-state index in [4.69, 9.17) is 14.9 Å². The third-order valence-electron chi connectivity index (χ3n) is 6.39. The topological polar surface area (TPSA) is 95.9 Å². The lowest BCUT2D eigenvalue weighted by molar-refractivity contribution is -0.148. The molecule has 0 aromatic heterocycles. The van der Waals surface area contributed by atoms with Crippen LogP contribution in [-0.2, 0) is 9.53 Å². The number of rotatable bonds is 23. The van der Waals surface area contributed by atoms with E-state index in [-0.39, 0.29) is 0 Å². The average molecular weight is 492 g/mol. The number of ether oxygens (including phenoxy) is 1. The summed E-state index contributed by atoms with van der Waals surface area (Å²) in [5.74, 6) is -2.06. The van der Waals surface area contributed by atoms with Crippen LogP contribution in [0.5, 0.6) is 0 Å². The van der Waals surface area contributed by atoms with Crippen molar-refractivity contribution in [3.05, 3.63) is 29.8 Å². The summed E-state index contributed by atoms with van der Waals surface area (Å²) < 4.78 is 4.80. The number of unbranched alkanes of at least 4 members (excludes halogenated alkanes) is 16. The fraction of sp³-hybridized carbons (Fsp3) is 0.724. The first-order valence-corrected chi connectivity index (χ1v) is 14.0. The zero-order valence-electron chi connectivity index (χ0n) is 21.9. The van der Waals surface area contributed by atoms with Crippen LogP contribution < -0.4 is 5.32 Å². The molecular weight excluding hydrogens is 442 g/mol. The first-order valence-electron chi connectivity index (χ1n) is 14.0. The third kappa shape index (κ3) is 17.1. The summed E-state index contributed by atoms with van der Waals surface area (Å²) in [7, 11) is 0. The van der Waals surface area contributed by atoms with E-state index in [2.05, 4.69) is 12.2 Å². The Kier molecular flexibility index (Phi) is 18.8. The third-order valence-corrected chi connectivity index (χ3v) is 6.39. The minimum Gasteiger partial charge on any atom is -0.479 e. The lowest BCUT2D eigenvalue weighted by Crippen LogP contribution is -2.26. The number of aliphatic hydroxyl groups is 1. The maximum Gasteiger partial charge on any atom is 0.338 e. The van der Waals surface area contributed by atoms with Crippen LogP contribution in [0.4, 0.5) is 5.69 Å². The Morgan fingerprint density at radius 3 is 1.60 bits per heavy atom. The van der Waals surface area contributed by atoms with E-state index in [0.29, 0.717) is 5.56 Å². The zero-order chi connectivity index (χ0) is 25.6. The van der Waals surface area contributed by atoms with Gasteiger partial charge in [0, 0.05) is 12.2 Å². The molecule has 0 aliphatic carbocycles. The molecule has 0 aliphatic rings. The van der Waals surface area contributed by atoms with Crippen molar-refractivity contribution >= 4 is 17.6 Å². The number of nitrogens with one attached hydrogen (secondary N) is 1. The van der Waals surface area contributed by atoms with E-state index in [1.165, 1.54) is 103 Å². The molecule has 0 radical (unpaired) electrons. The van der Waals surface area contributed by atoms with E-state index >= 15 is 0 Å². The van der Waals surface area contributed by atoms with Gasteiger partial charge in [-0.05, 0) is 30.7 Å². The summed E-state index contributed by atoms with van der Waals surface area (Å²) in [6.45, 7) is 2.61. The normalized spacial score (nSPS) is 11.8. The smallest absolute Gasteiger partial charge is 0.338 e. The molecule has 0 spiro atoms. The lowest BCUT2D eigenvalue weighted by atomic mass is 10.0. The number of aliphatic carboxylic acids is 1. The molecule has 0 fully saturated rings. The van der Waals surface area contributed by atoms with Gasteiger partial charge in [0.25, 0.3) is 0 Å². The number of carbonyl (C=O) groups is 2. The van der Waals surface area contributed by atoms with Crippen molar-refractivity contribution in [2.24, 2.45) is 0 Å². The summed E-state index contributed by atoms with van der Waals surface area (Å²) in [6.07, 6.45) is 21.5. The standard InChI is InChI=1S/C29H49NO5/c1-2-3-4-5-6-7-8-9-10-11-12-13-14-15-16-17-18-23-30-26-21-19-25(20-22-26)29(34)35-24-27(31)28(32)33/h19-22,27,30-31H,2-18,23-24H2,1H3,(H,32,33). The molecule has 3 N–H and O–H groups in total. The van der Waals surface area contributed by atoms with Crippen molar-refractivity contribution in [1.29, 1.82) is 0 Å². The van der Waals surface area contributed by atoms with Gasteiger partial charge in [-0.25, -0.2) is 9.59 Å². The fourth-order valence-electron chi connectivity index (χ4n) is 4.12. The Labute approximate surface area is 212 Å². The highest BCUT2D eigenvalue weighted by Crippen LogP contribution is 2.15. The van der Waals surface area contributed by atoms with E-state index in [1.54, 1.807) is 24.3 Å². The number of esters is 1. The SMILES string of the molecule is CCCCCCCCCCCCCCCCCCCNc1ccc(C(=O)OCC(O)C(=O)O)cc1. The molecular formula is C29H49NO5. The summed E-state index contributed by atoms with van der Waals surface area (Å²) in [5, 5.41) is 21.1. The van der Waals surface area contributed by atoms with Gasteiger partial charge in [-0.2, -0.15) is 0 Å². The summed E-state index contributed by atoms with van der Waals surface area (Å²) in [4.78, 5) is 22.4. The van der Waals surface area contributed by atoms with Gasteiger partial charge >= 0.3 is 11.9 Å². The minimum absolute atomic E-state index is 0.325. The molecule has 1 aromatic carbocycles. The molecule has 6 heteroatoms. The Bertz CT molecular complexity index is 662. The van der Waals surface area contributed by atoms with Crippen molar-refractivity contribution in [2.75, 3.05) is 18.5 Å². The zero-order valence-corrected chi connectivity index (χ0v) is 21.9. The molecule has 0 amide bonds. The van der Waals surface area contributed by atoms with Crippen molar-refractivity contribution in [3.63, 3.8) is 0 Å². The number of carboxylic acids is 1. The van der Waals surface area contributed by atoms with E-state index in [1.807, 2.05) is 0 Å². The highest BCUT2D eigenvalue weighted by molar-refractivity contribution is 5.90. The van der Waals surface area contributed by atoms with Gasteiger partial charge in [0.1, 0.15) is 6.61 Å². The predicted molar refractivity (Wildman–Crippen MR) is 143 cm³/mol. The van der Waals surface area contributed by atoms with Gasteiger partial charge in [-0.3, -0.25) is 0 Å². The van der Waals surface area contributed by atoms with Crippen molar-refractivity contribution in [3.8, 4) is 0 Å². The number of carbonyl (C=O) groups excluding carboxylic acids is 1. The fourth-order valence-corrected chi connectivity index (χ4v) is 4.12. The van der Waals surface area contributed by atoms with Gasteiger partial charge in [0.15, 0.2) is 6.10 Å². The molecule has 200 valence electrons. The van der Waals surface area contributed by atoms with Gasteiger partial charge in [0.2, 0.25) is 0 Å². The molecule has 0 saturated heterocycles. The van der Waals surface area contributed by atoms with Gasteiger partial charge in [-0.15, -0.1) is 0 Å². The Morgan fingerprint density at radius 1 is 0.743 bits per heavy atom. The monoisotopic (exact) mass is 491 g/mol. The Balaban J connectivity index is 1.91. The molecule has 0 saturated carbocycles. The lowest BCUT2D eigenvalue weighted by Gasteiger charge is -2.09. The number of hydrogen-bond donors (Lipinski definition) is 3. The molecule has 1 unspecified atom stereocenters. The summed E-state index contributed by atoms with van der Waals surface area (Å²) in [6, 6.07) is 6.87. The number of aliphatic hydroxyl groups excluding tert-OH is 1. The van der Waals surface area contributed by atoms with Crippen LogP contribution in [0.2, 0.25) is 0 Å². The van der Waals surface area contributed by atoms with Crippen molar-refractivity contribution in [2.45, 2.75) is 122 Å². The molecule has 0 bridgehead atoms. The van der Waals surface area contributed by atoms with E-state index < -0.39 is 24.6 Å². The average Bonchev–Trinajstić information content (AvgIpc) is 2.86. The Hall–Kier alpha value is -2.08. The van der Waals surface area contributed by atoms with Gasteiger partial charge in [0.05, 0.1) is 5.56 Å². The number of anilines is 1. The second-order valence-electron chi connectivity index (χ2n) is 9.61. The van der Waals surface area contributed by atoms with Crippen molar-refractivity contribution in [1.82, 2.24) is 0 Å². The molecule has 1 aromatic rings.